The Bertz CT molecular complexity index is 193. The van der Waals surface area contributed by atoms with Crippen LogP contribution in [0.3, 0.4) is 0 Å². The number of hydrogen-bond donors (Lipinski definition) is 0. The molecule has 19 heavy (non-hydrogen) atoms. The van der Waals surface area contributed by atoms with Crippen LogP contribution < -0.4 is 0 Å². The van der Waals surface area contributed by atoms with Crippen molar-refractivity contribution in [1.82, 2.24) is 0 Å². The van der Waals surface area contributed by atoms with Gasteiger partial charge in [-0.05, 0) is 32.1 Å². The monoisotopic (exact) mass is 334 g/mol. The predicted octanol–water partition coefficient (Wildman–Crippen LogP) is 5.78. The molecule has 0 aromatic rings. The Balaban J connectivity index is 1.85. The molecule has 0 aliphatic carbocycles. The molecule has 2 unspecified atom stereocenters. The summed E-state index contributed by atoms with van der Waals surface area (Å²) in [6.07, 6.45) is 15.6. The largest absolute Gasteiger partial charge is 0.353 e. The molecule has 1 aliphatic heterocycles. The van der Waals surface area contributed by atoms with E-state index in [0.717, 1.165) is 19.4 Å². The highest BCUT2D eigenvalue weighted by Gasteiger charge is 2.17. The summed E-state index contributed by atoms with van der Waals surface area (Å²) in [4.78, 5) is 0. The Morgan fingerprint density at radius 1 is 1.05 bits per heavy atom. The summed E-state index contributed by atoms with van der Waals surface area (Å²) < 4.78 is 11.4. The van der Waals surface area contributed by atoms with Crippen molar-refractivity contribution in [2.24, 2.45) is 0 Å². The number of hydrogen-bond acceptors (Lipinski definition) is 2. The van der Waals surface area contributed by atoms with Gasteiger partial charge in [-0.2, -0.15) is 0 Å². The van der Waals surface area contributed by atoms with Crippen LogP contribution in [0.5, 0.6) is 0 Å². The highest BCUT2D eigenvalue weighted by molar-refractivity contribution is 9.09. The average molecular weight is 335 g/mol. The van der Waals surface area contributed by atoms with E-state index >= 15 is 0 Å². The van der Waals surface area contributed by atoms with E-state index in [0.29, 0.717) is 0 Å². The van der Waals surface area contributed by atoms with E-state index in [1.54, 1.807) is 0 Å². The van der Waals surface area contributed by atoms with Crippen molar-refractivity contribution in [3.63, 3.8) is 0 Å². The van der Waals surface area contributed by atoms with Gasteiger partial charge < -0.3 is 9.47 Å². The number of alkyl halides is 1. The molecule has 1 heterocycles. The molecule has 1 rings (SSSR count). The molecule has 0 amide bonds. The maximum Gasteiger partial charge on any atom is 0.159 e. The van der Waals surface area contributed by atoms with Crippen LogP contribution >= 0.6 is 15.9 Å². The van der Waals surface area contributed by atoms with Crippen LogP contribution in [0.1, 0.15) is 84.0 Å². The quantitative estimate of drug-likeness (QED) is 0.352. The maximum atomic E-state index is 5.85. The summed E-state index contributed by atoms with van der Waals surface area (Å²) in [7, 11) is 0. The van der Waals surface area contributed by atoms with Gasteiger partial charge in [-0.3, -0.25) is 0 Å². The second-order valence-electron chi connectivity index (χ2n) is 5.61. The SMILES string of the molecule is CCCCCCCCCCC(Br)OC1CCCCO1. The summed E-state index contributed by atoms with van der Waals surface area (Å²) in [6.45, 7) is 3.13. The van der Waals surface area contributed by atoms with Crippen molar-refractivity contribution in [2.75, 3.05) is 6.61 Å². The molecule has 1 saturated heterocycles. The van der Waals surface area contributed by atoms with Crippen molar-refractivity contribution in [1.29, 1.82) is 0 Å². The molecule has 0 N–H and O–H groups in total. The standard InChI is InChI=1S/C16H31BrO2/c1-2-3-4-5-6-7-8-9-12-15(17)19-16-13-10-11-14-18-16/h15-16H,2-14H2,1H3. The van der Waals surface area contributed by atoms with Crippen LogP contribution in [-0.4, -0.2) is 17.9 Å². The molecule has 0 saturated carbocycles. The summed E-state index contributed by atoms with van der Waals surface area (Å²) in [6, 6.07) is 0. The highest BCUT2D eigenvalue weighted by atomic mass is 79.9. The molecule has 0 radical (unpaired) electrons. The van der Waals surface area contributed by atoms with Crippen LogP contribution in [0.2, 0.25) is 0 Å². The fourth-order valence-electron chi connectivity index (χ4n) is 2.49. The molecule has 0 spiro atoms. The maximum absolute atomic E-state index is 5.85. The zero-order chi connectivity index (χ0) is 13.8. The molecule has 0 aromatic heterocycles. The molecule has 1 aliphatic rings. The third-order valence-corrected chi connectivity index (χ3v) is 4.40. The fraction of sp³-hybridized carbons (Fsp3) is 1.00. The van der Waals surface area contributed by atoms with Gasteiger partial charge in [0, 0.05) is 6.61 Å². The molecule has 1 fully saturated rings. The van der Waals surface area contributed by atoms with Crippen LogP contribution in [0.25, 0.3) is 0 Å². The molecule has 0 bridgehead atoms. The molecule has 2 atom stereocenters. The van der Waals surface area contributed by atoms with Gasteiger partial charge in [0.2, 0.25) is 0 Å². The third-order valence-electron chi connectivity index (χ3n) is 3.72. The first-order valence-electron chi connectivity index (χ1n) is 8.24. The van der Waals surface area contributed by atoms with Crippen LogP contribution in [0, 0.1) is 0 Å². The van der Waals surface area contributed by atoms with Crippen LogP contribution in [-0.2, 0) is 9.47 Å². The number of unbranched alkanes of at least 4 members (excludes halogenated alkanes) is 7. The van der Waals surface area contributed by atoms with Gasteiger partial charge in [0.15, 0.2) is 6.29 Å². The molecular weight excluding hydrogens is 304 g/mol. The first kappa shape index (κ1) is 17.5. The lowest BCUT2D eigenvalue weighted by Crippen LogP contribution is -2.25. The van der Waals surface area contributed by atoms with Gasteiger partial charge >= 0.3 is 0 Å². The third kappa shape index (κ3) is 9.86. The van der Waals surface area contributed by atoms with E-state index < -0.39 is 0 Å². The second-order valence-corrected chi connectivity index (χ2v) is 6.63. The number of rotatable bonds is 11. The summed E-state index contributed by atoms with van der Waals surface area (Å²) >= 11 is 3.61. The minimum absolute atomic E-state index is 0.0344. The van der Waals surface area contributed by atoms with Crippen molar-refractivity contribution in [2.45, 2.75) is 95.3 Å². The molecule has 3 heteroatoms. The van der Waals surface area contributed by atoms with Crippen molar-refractivity contribution >= 4 is 15.9 Å². The lowest BCUT2D eigenvalue weighted by molar-refractivity contribution is -0.169. The normalized spacial score (nSPS) is 21.5. The summed E-state index contributed by atoms with van der Waals surface area (Å²) in [5.41, 5.74) is 0. The first-order valence-corrected chi connectivity index (χ1v) is 9.15. The average Bonchev–Trinajstić information content (AvgIpc) is 2.43. The lowest BCUT2D eigenvalue weighted by Gasteiger charge is -2.25. The van der Waals surface area contributed by atoms with E-state index in [4.69, 9.17) is 9.47 Å². The number of ether oxygens (including phenoxy) is 2. The van der Waals surface area contributed by atoms with E-state index in [9.17, 15) is 0 Å². The van der Waals surface area contributed by atoms with Gasteiger partial charge in [0.05, 0.1) is 0 Å². The Kier molecular flexibility index (Phi) is 11.2. The molecular formula is C16H31BrO2. The van der Waals surface area contributed by atoms with Crippen molar-refractivity contribution in [3.8, 4) is 0 Å². The fourth-order valence-corrected chi connectivity index (χ4v) is 3.05. The van der Waals surface area contributed by atoms with Crippen LogP contribution in [0.15, 0.2) is 0 Å². The number of halogens is 1. The Morgan fingerprint density at radius 2 is 1.74 bits per heavy atom. The Hall–Kier alpha value is 0.400. The smallest absolute Gasteiger partial charge is 0.159 e. The predicted molar refractivity (Wildman–Crippen MR) is 84.6 cm³/mol. The van der Waals surface area contributed by atoms with Gasteiger partial charge in [0.1, 0.15) is 5.01 Å². The van der Waals surface area contributed by atoms with Gasteiger partial charge in [-0.1, -0.05) is 67.8 Å². The molecule has 2 nitrogen and oxygen atoms in total. The second kappa shape index (κ2) is 12.2. The van der Waals surface area contributed by atoms with Crippen molar-refractivity contribution in [3.05, 3.63) is 0 Å². The van der Waals surface area contributed by atoms with Crippen molar-refractivity contribution < 1.29 is 9.47 Å². The van der Waals surface area contributed by atoms with E-state index in [1.807, 2.05) is 0 Å². The Labute approximate surface area is 127 Å². The first-order chi connectivity index (χ1) is 9.33. The molecule has 114 valence electrons. The van der Waals surface area contributed by atoms with Crippen LogP contribution in [0.4, 0.5) is 0 Å². The molecule has 0 aromatic carbocycles. The topological polar surface area (TPSA) is 18.5 Å². The summed E-state index contributed by atoms with van der Waals surface area (Å²) in [5.74, 6) is 0. The van der Waals surface area contributed by atoms with E-state index in [1.165, 1.54) is 64.2 Å². The van der Waals surface area contributed by atoms with E-state index in [-0.39, 0.29) is 11.3 Å². The summed E-state index contributed by atoms with van der Waals surface area (Å²) in [5, 5.41) is 0.177. The van der Waals surface area contributed by atoms with Gasteiger partial charge in [-0.15, -0.1) is 0 Å². The zero-order valence-electron chi connectivity index (χ0n) is 12.5. The zero-order valence-corrected chi connectivity index (χ0v) is 14.1. The van der Waals surface area contributed by atoms with Gasteiger partial charge in [-0.25, -0.2) is 0 Å². The highest BCUT2D eigenvalue weighted by Crippen LogP contribution is 2.21. The Morgan fingerprint density at radius 3 is 2.37 bits per heavy atom. The minimum Gasteiger partial charge on any atom is -0.353 e. The minimum atomic E-state index is 0.0344. The lowest BCUT2D eigenvalue weighted by atomic mass is 10.1. The van der Waals surface area contributed by atoms with Gasteiger partial charge in [0.25, 0.3) is 0 Å². The van der Waals surface area contributed by atoms with E-state index in [2.05, 4.69) is 22.9 Å².